The summed E-state index contributed by atoms with van der Waals surface area (Å²) >= 11 is 5.64. The van der Waals surface area contributed by atoms with Crippen molar-refractivity contribution < 1.29 is 17.9 Å². The molecule has 1 fully saturated rings. The molecule has 106 valence electrons. The average molecular weight is 295 g/mol. The van der Waals surface area contributed by atoms with E-state index in [1.165, 1.54) is 0 Å². The first kappa shape index (κ1) is 14.4. The standard InChI is InChI=1S/C12H14ClF3N2O/c1-7-11(2,3-4-19-7)18-10-6-8(12(14,15)16)5-9(13)17-10/h5-7H,3-4H2,1-2H3,(H,17,18). The number of rotatable bonds is 2. The van der Waals surface area contributed by atoms with Crippen molar-refractivity contribution in [2.75, 3.05) is 11.9 Å². The molecule has 0 bridgehead atoms. The summed E-state index contributed by atoms with van der Waals surface area (Å²) in [6.07, 6.45) is -3.85. The van der Waals surface area contributed by atoms with Crippen LogP contribution in [-0.2, 0) is 10.9 Å². The van der Waals surface area contributed by atoms with Gasteiger partial charge in [0.15, 0.2) is 0 Å². The number of hydrogen-bond donors (Lipinski definition) is 1. The zero-order valence-electron chi connectivity index (χ0n) is 10.5. The number of alkyl halides is 3. The predicted molar refractivity (Wildman–Crippen MR) is 66.3 cm³/mol. The van der Waals surface area contributed by atoms with Crippen LogP contribution in [0.15, 0.2) is 12.1 Å². The zero-order valence-corrected chi connectivity index (χ0v) is 11.3. The molecule has 0 spiro atoms. The molecule has 0 aliphatic carbocycles. The van der Waals surface area contributed by atoms with Crippen LogP contribution in [0.25, 0.3) is 0 Å². The summed E-state index contributed by atoms with van der Waals surface area (Å²) in [4.78, 5) is 3.89. The second-order valence-corrected chi connectivity index (χ2v) is 5.25. The maximum atomic E-state index is 12.7. The third kappa shape index (κ3) is 3.12. The Balaban J connectivity index is 2.28. The van der Waals surface area contributed by atoms with Crippen LogP contribution in [0.1, 0.15) is 25.8 Å². The van der Waals surface area contributed by atoms with Crippen molar-refractivity contribution in [3.8, 4) is 0 Å². The predicted octanol–water partition coefficient (Wildman–Crippen LogP) is 3.73. The molecule has 2 atom stereocenters. The van der Waals surface area contributed by atoms with Crippen LogP contribution in [0.2, 0.25) is 5.15 Å². The molecule has 19 heavy (non-hydrogen) atoms. The lowest BCUT2D eigenvalue weighted by atomic mass is 9.94. The molecule has 2 unspecified atom stereocenters. The van der Waals surface area contributed by atoms with Gasteiger partial charge in [-0.3, -0.25) is 0 Å². The highest BCUT2D eigenvalue weighted by molar-refractivity contribution is 6.29. The van der Waals surface area contributed by atoms with E-state index in [1.54, 1.807) is 0 Å². The van der Waals surface area contributed by atoms with Gasteiger partial charge in [0.25, 0.3) is 0 Å². The largest absolute Gasteiger partial charge is 0.416 e. The number of halogens is 4. The zero-order chi connectivity index (χ0) is 14.3. The van der Waals surface area contributed by atoms with Gasteiger partial charge in [-0.25, -0.2) is 4.98 Å². The van der Waals surface area contributed by atoms with Gasteiger partial charge in [-0.1, -0.05) is 11.6 Å². The molecule has 0 saturated carbocycles. The minimum Gasteiger partial charge on any atom is -0.376 e. The topological polar surface area (TPSA) is 34.1 Å². The Morgan fingerprint density at radius 1 is 1.47 bits per heavy atom. The van der Waals surface area contributed by atoms with Crippen molar-refractivity contribution >= 4 is 17.4 Å². The fourth-order valence-electron chi connectivity index (χ4n) is 2.02. The van der Waals surface area contributed by atoms with Gasteiger partial charge in [-0.05, 0) is 32.4 Å². The van der Waals surface area contributed by atoms with Crippen molar-refractivity contribution in [1.29, 1.82) is 0 Å². The molecule has 0 aromatic carbocycles. The first-order valence-electron chi connectivity index (χ1n) is 5.85. The normalized spacial score (nSPS) is 27.6. The van der Waals surface area contributed by atoms with Crippen molar-refractivity contribution in [3.05, 3.63) is 22.8 Å². The number of hydrogen-bond acceptors (Lipinski definition) is 3. The molecular formula is C12H14ClF3N2O. The van der Waals surface area contributed by atoms with Crippen LogP contribution in [0.3, 0.4) is 0 Å². The molecule has 2 rings (SSSR count). The molecule has 1 aromatic rings. The van der Waals surface area contributed by atoms with Crippen LogP contribution >= 0.6 is 11.6 Å². The van der Waals surface area contributed by atoms with E-state index in [0.717, 1.165) is 12.1 Å². The van der Waals surface area contributed by atoms with Crippen molar-refractivity contribution in [2.45, 2.75) is 38.1 Å². The minimum atomic E-state index is -4.44. The smallest absolute Gasteiger partial charge is 0.376 e. The maximum Gasteiger partial charge on any atom is 0.416 e. The van der Waals surface area contributed by atoms with Crippen LogP contribution in [-0.4, -0.2) is 23.2 Å². The Hall–Kier alpha value is -1.01. The molecular weight excluding hydrogens is 281 g/mol. The van der Waals surface area contributed by atoms with E-state index in [-0.39, 0.29) is 17.1 Å². The number of aromatic nitrogens is 1. The third-order valence-corrected chi connectivity index (χ3v) is 3.62. The van der Waals surface area contributed by atoms with Gasteiger partial charge < -0.3 is 10.1 Å². The van der Waals surface area contributed by atoms with Gasteiger partial charge in [0.1, 0.15) is 11.0 Å². The molecule has 0 radical (unpaired) electrons. The van der Waals surface area contributed by atoms with Gasteiger partial charge in [0.05, 0.1) is 17.2 Å². The summed E-state index contributed by atoms with van der Waals surface area (Å²) in [7, 11) is 0. The Kier molecular flexibility index (Phi) is 3.66. The van der Waals surface area contributed by atoms with Gasteiger partial charge in [-0.2, -0.15) is 13.2 Å². The van der Waals surface area contributed by atoms with Crippen LogP contribution in [0, 0.1) is 0 Å². The third-order valence-electron chi connectivity index (χ3n) is 3.42. The Labute approximate surface area is 114 Å². The first-order valence-corrected chi connectivity index (χ1v) is 6.23. The number of pyridine rings is 1. The van der Waals surface area contributed by atoms with Crippen molar-refractivity contribution in [3.63, 3.8) is 0 Å². The summed E-state index contributed by atoms with van der Waals surface area (Å²) < 4.78 is 43.5. The van der Waals surface area contributed by atoms with Gasteiger partial charge >= 0.3 is 6.18 Å². The molecule has 0 amide bonds. The minimum absolute atomic E-state index is 0.109. The van der Waals surface area contributed by atoms with Gasteiger partial charge in [0.2, 0.25) is 0 Å². The number of nitrogens with one attached hydrogen (secondary N) is 1. The van der Waals surface area contributed by atoms with E-state index in [2.05, 4.69) is 10.3 Å². The van der Waals surface area contributed by atoms with E-state index in [1.807, 2.05) is 13.8 Å². The van der Waals surface area contributed by atoms with E-state index < -0.39 is 17.3 Å². The number of ether oxygens (including phenoxy) is 1. The molecule has 1 aliphatic heterocycles. The lowest BCUT2D eigenvalue weighted by Gasteiger charge is -2.29. The molecule has 1 aromatic heterocycles. The Morgan fingerprint density at radius 2 is 2.16 bits per heavy atom. The SMILES string of the molecule is CC1OCCC1(C)Nc1cc(C(F)(F)F)cc(Cl)n1. The molecule has 7 heteroatoms. The van der Waals surface area contributed by atoms with Gasteiger partial charge in [0, 0.05) is 6.61 Å². The van der Waals surface area contributed by atoms with E-state index in [0.29, 0.717) is 13.0 Å². The molecule has 3 nitrogen and oxygen atoms in total. The second-order valence-electron chi connectivity index (χ2n) is 4.87. The molecule has 1 aliphatic rings. The van der Waals surface area contributed by atoms with Crippen molar-refractivity contribution in [2.24, 2.45) is 0 Å². The van der Waals surface area contributed by atoms with E-state index >= 15 is 0 Å². The lowest BCUT2D eigenvalue weighted by Crippen LogP contribution is -2.41. The fraction of sp³-hybridized carbons (Fsp3) is 0.583. The number of nitrogens with zero attached hydrogens (tertiary/aromatic N) is 1. The monoisotopic (exact) mass is 294 g/mol. The van der Waals surface area contributed by atoms with Gasteiger partial charge in [-0.15, -0.1) is 0 Å². The Morgan fingerprint density at radius 3 is 2.68 bits per heavy atom. The highest BCUT2D eigenvalue weighted by Crippen LogP contribution is 2.34. The highest BCUT2D eigenvalue weighted by Gasteiger charge is 2.38. The van der Waals surface area contributed by atoms with Crippen LogP contribution in [0.5, 0.6) is 0 Å². The maximum absolute atomic E-state index is 12.7. The molecule has 2 heterocycles. The average Bonchev–Trinajstić information content (AvgIpc) is 2.56. The highest BCUT2D eigenvalue weighted by atomic mass is 35.5. The van der Waals surface area contributed by atoms with E-state index in [9.17, 15) is 13.2 Å². The quantitative estimate of drug-likeness (QED) is 0.844. The van der Waals surface area contributed by atoms with Crippen LogP contribution < -0.4 is 5.32 Å². The Bertz CT molecular complexity index is 481. The second kappa shape index (κ2) is 4.83. The summed E-state index contributed by atoms with van der Waals surface area (Å²) in [5, 5.41) is 2.81. The van der Waals surface area contributed by atoms with E-state index in [4.69, 9.17) is 16.3 Å². The molecule has 1 saturated heterocycles. The summed E-state index contributed by atoms with van der Waals surface area (Å²) in [6, 6.07) is 1.77. The first-order chi connectivity index (χ1) is 8.71. The lowest BCUT2D eigenvalue weighted by molar-refractivity contribution is -0.137. The fourth-order valence-corrected chi connectivity index (χ4v) is 2.22. The van der Waals surface area contributed by atoms with Crippen molar-refractivity contribution in [1.82, 2.24) is 4.98 Å². The van der Waals surface area contributed by atoms with Crippen LogP contribution in [0.4, 0.5) is 19.0 Å². The summed E-state index contributed by atoms with van der Waals surface area (Å²) in [5.41, 5.74) is -1.26. The molecule has 1 N–H and O–H groups in total. The number of anilines is 1. The summed E-state index contributed by atoms with van der Waals surface area (Å²) in [6.45, 7) is 4.33. The summed E-state index contributed by atoms with van der Waals surface area (Å²) in [5.74, 6) is 0.111.